The van der Waals surface area contributed by atoms with E-state index in [-0.39, 0.29) is 12.4 Å². The molecule has 0 atom stereocenters. The first-order valence-corrected chi connectivity index (χ1v) is 7.96. The molecule has 2 aromatic rings. The van der Waals surface area contributed by atoms with Crippen LogP contribution in [-0.4, -0.2) is 17.5 Å². The van der Waals surface area contributed by atoms with Crippen LogP contribution in [0.3, 0.4) is 0 Å². The van der Waals surface area contributed by atoms with Crippen molar-refractivity contribution in [1.29, 1.82) is 5.26 Å². The Morgan fingerprint density at radius 3 is 2.57 bits per heavy atom. The molecule has 0 heterocycles. The van der Waals surface area contributed by atoms with E-state index in [4.69, 9.17) is 10.00 Å². The van der Waals surface area contributed by atoms with Crippen LogP contribution in [0.15, 0.2) is 53.4 Å². The van der Waals surface area contributed by atoms with Crippen molar-refractivity contribution in [2.45, 2.75) is 18.4 Å². The van der Waals surface area contributed by atoms with Gasteiger partial charge in [0.15, 0.2) is 0 Å². The van der Waals surface area contributed by atoms with Crippen molar-refractivity contribution < 1.29 is 14.3 Å². The third-order valence-corrected chi connectivity index (χ3v) is 4.25. The predicted molar refractivity (Wildman–Crippen MR) is 88.1 cm³/mol. The Morgan fingerprint density at radius 2 is 1.83 bits per heavy atom. The fraction of sp³-hybridized carbons (Fsp3) is 0.167. The van der Waals surface area contributed by atoms with Crippen molar-refractivity contribution >= 4 is 23.5 Å². The summed E-state index contributed by atoms with van der Waals surface area (Å²) in [4.78, 5) is 24.1. The number of ketones is 1. The molecule has 0 unspecified atom stereocenters. The molecule has 116 valence electrons. The van der Waals surface area contributed by atoms with E-state index in [1.807, 2.05) is 6.07 Å². The highest BCUT2D eigenvalue weighted by atomic mass is 32.2. The zero-order chi connectivity index (χ0) is 16.7. The standard InChI is InChI=1S/C18H15NO3S/c1-13(20)12-23-17-9-5-4-8-16(17)18(21)22-11-15-7-3-2-6-14(15)10-19/h2-9H,11-12H2,1H3. The van der Waals surface area contributed by atoms with Gasteiger partial charge in [-0.3, -0.25) is 4.79 Å². The SMILES string of the molecule is CC(=O)CSc1ccccc1C(=O)OCc1ccccc1C#N. The van der Waals surface area contributed by atoms with E-state index in [0.29, 0.717) is 27.3 Å². The molecule has 0 N–H and O–H groups in total. The minimum atomic E-state index is -0.468. The summed E-state index contributed by atoms with van der Waals surface area (Å²) in [6.07, 6.45) is 0. The third kappa shape index (κ3) is 4.70. The minimum Gasteiger partial charge on any atom is -0.457 e. The highest BCUT2D eigenvalue weighted by molar-refractivity contribution is 8.00. The molecule has 2 aromatic carbocycles. The molecule has 5 heteroatoms. The highest BCUT2D eigenvalue weighted by Crippen LogP contribution is 2.23. The number of rotatable bonds is 6. The summed E-state index contributed by atoms with van der Waals surface area (Å²) in [7, 11) is 0. The zero-order valence-electron chi connectivity index (χ0n) is 12.6. The van der Waals surface area contributed by atoms with Gasteiger partial charge >= 0.3 is 5.97 Å². The van der Waals surface area contributed by atoms with Crippen molar-refractivity contribution in [2.75, 3.05) is 5.75 Å². The fourth-order valence-corrected chi connectivity index (χ4v) is 2.76. The normalized spacial score (nSPS) is 9.91. The molecule has 0 saturated carbocycles. The van der Waals surface area contributed by atoms with E-state index in [0.717, 1.165) is 0 Å². The maximum absolute atomic E-state index is 12.3. The van der Waals surface area contributed by atoms with Gasteiger partial charge in [0, 0.05) is 10.5 Å². The van der Waals surface area contributed by atoms with Gasteiger partial charge in [0.2, 0.25) is 0 Å². The summed E-state index contributed by atoms with van der Waals surface area (Å²) in [6.45, 7) is 1.54. The number of Topliss-reactive ketones (excluding diaryl/α,β-unsaturated/α-hetero) is 1. The monoisotopic (exact) mass is 325 g/mol. The van der Waals surface area contributed by atoms with Crippen LogP contribution in [0.2, 0.25) is 0 Å². The number of esters is 1. The van der Waals surface area contributed by atoms with E-state index >= 15 is 0 Å². The Hall–Kier alpha value is -2.58. The number of nitrogens with zero attached hydrogens (tertiary/aromatic N) is 1. The van der Waals surface area contributed by atoms with Gasteiger partial charge in [-0.05, 0) is 25.1 Å². The van der Waals surface area contributed by atoms with Gasteiger partial charge in [0.1, 0.15) is 12.4 Å². The maximum Gasteiger partial charge on any atom is 0.339 e. The van der Waals surface area contributed by atoms with E-state index < -0.39 is 5.97 Å². The summed E-state index contributed by atoms with van der Waals surface area (Å²) in [5.74, 6) is -0.118. The average Bonchev–Trinajstić information content (AvgIpc) is 2.58. The molecule has 0 fully saturated rings. The molecule has 4 nitrogen and oxygen atoms in total. The molecule has 0 aliphatic rings. The molecular formula is C18H15NO3S. The van der Waals surface area contributed by atoms with Gasteiger partial charge in [-0.2, -0.15) is 5.26 Å². The second kappa shape index (κ2) is 8.16. The van der Waals surface area contributed by atoms with Gasteiger partial charge in [0.25, 0.3) is 0 Å². The summed E-state index contributed by atoms with van der Waals surface area (Å²) in [6, 6.07) is 16.1. The number of benzene rings is 2. The number of thioether (sulfide) groups is 1. The Kier molecular flexibility index (Phi) is 5.95. The van der Waals surface area contributed by atoms with Gasteiger partial charge < -0.3 is 4.74 Å². The number of hydrogen-bond acceptors (Lipinski definition) is 5. The maximum atomic E-state index is 12.3. The van der Waals surface area contributed by atoms with E-state index in [1.54, 1.807) is 42.5 Å². The summed E-state index contributed by atoms with van der Waals surface area (Å²) >= 11 is 1.31. The first-order chi connectivity index (χ1) is 11.1. The smallest absolute Gasteiger partial charge is 0.339 e. The Bertz CT molecular complexity index is 765. The molecule has 0 aromatic heterocycles. The topological polar surface area (TPSA) is 67.2 Å². The lowest BCUT2D eigenvalue weighted by Crippen LogP contribution is -2.08. The van der Waals surface area contributed by atoms with Crippen LogP contribution in [0.4, 0.5) is 0 Å². The average molecular weight is 325 g/mol. The van der Waals surface area contributed by atoms with Crippen LogP contribution in [0.25, 0.3) is 0 Å². The lowest BCUT2D eigenvalue weighted by molar-refractivity contribution is -0.114. The van der Waals surface area contributed by atoms with Crippen molar-refractivity contribution in [2.24, 2.45) is 0 Å². The molecule has 0 radical (unpaired) electrons. The van der Waals surface area contributed by atoms with Crippen LogP contribution in [0.5, 0.6) is 0 Å². The summed E-state index contributed by atoms with van der Waals surface area (Å²) in [5, 5.41) is 9.04. The molecule has 0 bridgehead atoms. The summed E-state index contributed by atoms with van der Waals surface area (Å²) < 4.78 is 5.32. The fourth-order valence-electron chi connectivity index (χ4n) is 1.92. The van der Waals surface area contributed by atoms with Crippen molar-refractivity contribution in [3.05, 3.63) is 65.2 Å². The molecule has 0 aliphatic heterocycles. The molecule has 0 amide bonds. The van der Waals surface area contributed by atoms with Crippen molar-refractivity contribution in [3.8, 4) is 6.07 Å². The number of hydrogen-bond donors (Lipinski definition) is 0. The van der Waals surface area contributed by atoms with Gasteiger partial charge in [-0.15, -0.1) is 11.8 Å². The molecular weight excluding hydrogens is 310 g/mol. The van der Waals surface area contributed by atoms with E-state index in [1.165, 1.54) is 18.7 Å². The Labute approximate surface area is 139 Å². The number of carbonyl (C=O) groups excluding carboxylic acids is 2. The molecule has 0 aliphatic carbocycles. The third-order valence-electron chi connectivity index (χ3n) is 3.03. The van der Waals surface area contributed by atoms with E-state index in [2.05, 4.69) is 6.07 Å². The largest absolute Gasteiger partial charge is 0.457 e. The van der Waals surface area contributed by atoms with Crippen LogP contribution in [0, 0.1) is 11.3 Å². The minimum absolute atomic E-state index is 0.0360. The Morgan fingerprint density at radius 1 is 1.13 bits per heavy atom. The van der Waals surface area contributed by atoms with Crippen LogP contribution in [-0.2, 0) is 16.1 Å². The Balaban J connectivity index is 2.09. The van der Waals surface area contributed by atoms with Crippen molar-refractivity contribution in [1.82, 2.24) is 0 Å². The van der Waals surface area contributed by atoms with Gasteiger partial charge in [0.05, 0.1) is 22.9 Å². The summed E-state index contributed by atoms with van der Waals surface area (Å²) in [5.41, 5.74) is 1.57. The molecule has 2 rings (SSSR count). The molecule has 23 heavy (non-hydrogen) atoms. The number of nitriles is 1. The predicted octanol–water partition coefficient (Wildman–Crippen LogP) is 3.60. The second-order valence-electron chi connectivity index (χ2n) is 4.83. The second-order valence-corrected chi connectivity index (χ2v) is 5.85. The lowest BCUT2D eigenvalue weighted by atomic mass is 10.1. The lowest BCUT2D eigenvalue weighted by Gasteiger charge is -2.09. The highest BCUT2D eigenvalue weighted by Gasteiger charge is 2.14. The molecule has 0 saturated heterocycles. The van der Waals surface area contributed by atoms with Gasteiger partial charge in [-0.1, -0.05) is 30.3 Å². The molecule has 0 spiro atoms. The van der Waals surface area contributed by atoms with Crippen molar-refractivity contribution in [3.63, 3.8) is 0 Å². The van der Waals surface area contributed by atoms with E-state index in [9.17, 15) is 9.59 Å². The first-order valence-electron chi connectivity index (χ1n) is 6.98. The van der Waals surface area contributed by atoms with Gasteiger partial charge in [-0.25, -0.2) is 4.79 Å². The quantitative estimate of drug-likeness (QED) is 0.599. The van der Waals surface area contributed by atoms with Crippen LogP contribution < -0.4 is 0 Å². The number of carbonyl (C=O) groups is 2. The van der Waals surface area contributed by atoms with Crippen LogP contribution in [0.1, 0.15) is 28.4 Å². The number of ether oxygens (including phenoxy) is 1. The van der Waals surface area contributed by atoms with Crippen LogP contribution >= 0.6 is 11.8 Å². The zero-order valence-corrected chi connectivity index (χ0v) is 13.4. The first kappa shape index (κ1) is 16.8.